The first-order valence-corrected chi connectivity index (χ1v) is 5.24. The molecule has 1 atom stereocenters. The summed E-state index contributed by atoms with van der Waals surface area (Å²) in [6.07, 6.45) is 5.05. The lowest BCUT2D eigenvalue weighted by molar-refractivity contribution is 0.518. The zero-order chi connectivity index (χ0) is 11.0. The zero-order valence-electron chi connectivity index (χ0n) is 9.60. The molecule has 0 fully saturated rings. The van der Waals surface area contributed by atoms with E-state index in [9.17, 15) is 0 Å². The molecule has 0 amide bonds. The zero-order valence-corrected chi connectivity index (χ0v) is 9.60. The Balaban J connectivity index is 3.45. The summed E-state index contributed by atoms with van der Waals surface area (Å²) in [5.41, 5.74) is 2.36. The Hall–Kier alpha value is -0.820. The minimum Gasteiger partial charge on any atom is -0.314 e. The lowest BCUT2D eigenvalue weighted by atomic mass is 10.1. The molecule has 1 nitrogen and oxygen atoms in total. The van der Waals surface area contributed by atoms with Crippen LogP contribution < -0.4 is 5.32 Å². The molecule has 0 spiro atoms. The Kier molecular flexibility index (Phi) is 7.13. The van der Waals surface area contributed by atoms with E-state index in [1.165, 1.54) is 5.57 Å². The van der Waals surface area contributed by atoms with E-state index in [2.05, 4.69) is 38.9 Å². The number of nitrogens with one attached hydrogen (secondary N) is 1. The fourth-order valence-corrected chi connectivity index (χ4v) is 1.14. The lowest BCUT2D eigenvalue weighted by Crippen LogP contribution is -2.27. The predicted octanol–water partition coefficient (Wildman–Crippen LogP) is 3.45. The summed E-state index contributed by atoms with van der Waals surface area (Å²) in [4.78, 5) is 0. The maximum atomic E-state index is 3.89. The summed E-state index contributed by atoms with van der Waals surface area (Å²) in [6, 6.07) is 0.547. The first-order chi connectivity index (χ1) is 6.56. The SMILES string of the molecule is C=CC(=C)CCC(C)NCCC(=C)C. The summed E-state index contributed by atoms with van der Waals surface area (Å²) in [7, 11) is 0. The monoisotopic (exact) mass is 193 g/mol. The molecule has 0 aliphatic rings. The van der Waals surface area contributed by atoms with Crippen LogP contribution in [0.15, 0.2) is 37.0 Å². The van der Waals surface area contributed by atoms with Crippen LogP contribution in [0.3, 0.4) is 0 Å². The molecule has 0 radical (unpaired) electrons. The van der Waals surface area contributed by atoms with E-state index in [0.29, 0.717) is 6.04 Å². The van der Waals surface area contributed by atoms with Gasteiger partial charge in [0.1, 0.15) is 0 Å². The van der Waals surface area contributed by atoms with Crippen LogP contribution in [0.25, 0.3) is 0 Å². The molecule has 1 heteroatoms. The molecule has 0 heterocycles. The first kappa shape index (κ1) is 13.2. The Bertz CT molecular complexity index is 203. The van der Waals surface area contributed by atoms with Gasteiger partial charge in [0.15, 0.2) is 0 Å². The third kappa shape index (κ3) is 7.81. The van der Waals surface area contributed by atoms with Gasteiger partial charge in [0, 0.05) is 6.04 Å². The van der Waals surface area contributed by atoms with E-state index in [-0.39, 0.29) is 0 Å². The molecular weight excluding hydrogens is 170 g/mol. The number of hydrogen-bond donors (Lipinski definition) is 1. The molecule has 80 valence electrons. The highest BCUT2D eigenvalue weighted by atomic mass is 14.9. The highest BCUT2D eigenvalue weighted by Crippen LogP contribution is 2.06. The van der Waals surface area contributed by atoms with E-state index >= 15 is 0 Å². The average Bonchev–Trinajstić information content (AvgIpc) is 2.13. The molecule has 0 aromatic heterocycles. The molecule has 0 saturated heterocycles. The molecule has 0 rings (SSSR count). The minimum absolute atomic E-state index is 0.547. The smallest absolute Gasteiger partial charge is 0.00420 e. The highest BCUT2D eigenvalue weighted by Gasteiger charge is 2.00. The minimum atomic E-state index is 0.547. The number of rotatable bonds is 8. The van der Waals surface area contributed by atoms with Crippen molar-refractivity contribution in [1.29, 1.82) is 0 Å². The van der Waals surface area contributed by atoms with Gasteiger partial charge in [-0.05, 0) is 39.7 Å². The second-order valence-corrected chi connectivity index (χ2v) is 3.96. The van der Waals surface area contributed by atoms with Crippen LogP contribution in [0, 0.1) is 0 Å². The van der Waals surface area contributed by atoms with Crippen LogP contribution in [0.2, 0.25) is 0 Å². The van der Waals surface area contributed by atoms with E-state index in [4.69, 9.17) is 0 Å². The van der Waals surface area contributed by atoms with Gasteiger partial charge < -0.3 is 5.32 Å². The summed E-state index contributed by atoms with van der Waals surface area (Å²) in [5.74, 6) is 0. The Labute approximate surface area is 88.6 Å². The first-order valence-electron chi connectivity index (χ1n) is 5.24. The van der Waals surface area contributed by atoms with Gasteiger partial charge >= 0.3 is 0 Å². The highest BCUT2D eigenvalue weighted by molar-refractivity contribution is 5.10. The van der Waals surface area contributed by atoms with Crippen molar-refractivity contribution in [3.05, 3.63) is 37.0 Å². The van der Waals surface area contributed by atoms with E-state index in [1.807, 2.05) is 6.08 Å². The second-order valence-electron chi connectivity index (χ2n) is 3.96. The van der Waals surface area contributed by atoms with Gasteiger partial charge in [0.25, 0.3) is 0 Å². The number of hydrogen-bond acceptors (Lipinski definition) is 1. The van der Waals surface area contributed by atoms with Gasteiger partial charge in [-0.1, -0.05) is 30.4 Å². The largest absolute Gasteiger partial charge is 0.314 e. The van der Waals surface area contributed by atoms with Crippen molar-refractivity contribution in [2.24, 2.45) is 0 Å². The Morgan fingerprint density at radius 2 is 2.00 bits per heavy atom. The Morgan fingerprint density at radius 3 is 2.50 bits per heavy atom. The molecule has 14 heavy (non-hydrogen) atoms. The molecule has 0 aliphatic carbocycles. The van der Waals surface area contributed by atoms with Crippen molar-refractivity contribution in [1.82, 2.24) is 5.32 Å². The average molecular weight is 193 g/mol. The van der Waals surface area contributed by atoms with E-state index < -0.39 is 0 Å². The standard InChI is InChI=1S/C13H23N/c1-6-12(4)7-8-13(5)14-10-9-11(2)3/h6,13-14H,1-2,4,7-10H2,3,5H3. The maximum absolute atomic E-state index is 3.89. The van der Waals surface area contributed by atoms with Gasteiger partial charge in [-0.25, -0.2) is 0 Å². The Morgan fingerprint density at radius 1 is 1.36 bits per heavy atom. The predicted molar refractivity (Wildman–Crippen MR) is 65.5 cm³/mol. The molecule has 0 aromatic carbocycles. The third-order valence-corrected chi connectivity index (χ3v) is 2.23. The summed E-state index contributed by atoms with van der Waals surface area (Å²) in [6.45, 7) is 16.7. The fraction of sp³-hybridized carbons (Fsp3) is 0.538. The van der Waals surface area contributed by atoms with Gasteiger partial charge in [-0.2, -0.15) is 0 Å². The van der Waals surface area contributed by atoms with Crippen molar-refractivity contribution in [2.75, 3.05) is 6.54 Å². The van der Waals surface area contributed by atoms with E-state index in [0.717, 1.165) is 31.4 Å². The lowest BCUT2D eigenvalue weighted by Gasteiger charge is -2.13. The van der Waals surface area contributed by atoms with Crippen LogP contribution in [0.1, 0.15) is 33.1 Å². The van der Waals surface area contributed by atoms with Crippen LogP contribution in [0.4, 0.5) is 0 Å². The van der Waals surface area contributed by atoms with Gasteiger partial charge in [-0.3, -0.25) is 0 Å². The number of allylic oxidation sites excluding steroid dienone is 2. The van der Waals surface area contributed by atoms with Gasteiger partial charge in [-0.15, -0.1) is 6.58 Å². The van der Waals surface area contributed by atoms with Crippen molar-refractivity contribution in [3.8, 4) is 0 Å². The third-order valence-electron chi connectivity index (χ3n) is 2.23. The summed E-state index contributed by atoms with van der Waals surface area (Å²) in [5, 5.41) is 3.46. The molecule has 0 bridgehead atoms. The van der Waals surface area contributed by atoms with Crippen LogP contribution in [-0.2, 0) is 0 Å². The van der Waals surface area contributed by atoms with Gasteiger partial charge in [0.05, 0.1) is 0 Å². The molecular formula is C13H23N. The molecule has 1 N–H and O–H groups in total. The van der Waals surface area contributed by atoms with Crippen molar-refractivity contribution < 1.29 is 0 Å². The molecule has 1 unspecified atom stereocenters. The van der Waals surface area contributed by atoms with Crippen LogP contribution in [-0.4, -0.2) is 12.6 Å². The normalized spacial score (nSPS) is 12.1. The quantitative estimate of drug-likeness (QED) is 0.460. The summed E-state index contributed by atoms with van der Waals surface area (Å²) >= 11 is 0. The molecule has 0 saturated carbocycles. The van der Waals surface area contributed by atoms with Crippen molar-refractivity contribution in [2.45, 2.75) is 39.2 Å². The molecule has 0 aliphatic heterocycles. The van der Waals surface area contributed by atoms with Crippen molar-refractivity contribution in [3.63, 3.8) is 0 Å². The van der Waals surface area contributed by atoms with Crippen LogP contribution >= 0.6 is 0 Å². The van der Waals surface area contributed by atoms with Gasteiger partial charge in [0.2, 0.25) is 0 Å². The van der Waals surface area contributed by atoms with E-state index in [1.54, 1.807) is 0 Å². The topological polar surface area (TPSA) is 12.0 Å². The van der Waals surface area contributed by atoms with Crippen LogP contribution in [0.5, 0.6) is 0 Å². The maximum Gasteiger partial charge on any atom is 0.00420 e. The fourth-order valence-electron chi connectivity index (χ4n) is 1.14. The summed E-state index contributed by atoms with van der Waals surface area (Å²) < 4.78 is 0. The molecule has 0 aromatic rings. The second kappa shape index (κ2) is 7.57. The van der Waals surface area contributed by atoms with Crippen molar-refractivity contribution >= 4 is 0 Å².